The Morgan fingerprint density at radius 3 is 2.67 bits per heavy atom. The highest BCUT2D eigenvalue weighted by Gasteiger charge is 2.09. The van der Waals surface area contributed by atoms with Gasteiger partial charge in [0.25, 0.3) is 0 Å². The SMILES string of the molecule is CN(CCC(N)=O)CCN1CCNCC1. The van der Waals surface area contributed by atoms with Crippen LogP contribution in [0.2, 0.25) is 0 Å². The molecule has 0 atom stereocenters. The standard InChI is InChI=1S/C10H22N4O/c1-13(5-2-10(11)15)8-9-14-6-3-12-4-7-14/h12H,2-9H2,1H3,(H2,11,15). The van der Waals surface area contributed by atoms with Crippen LogP contribution in [0, 0.1) is 0 Å². The number of carbonyl (C=O) groups is 1. The lowest BCUT2D eigenvalue weighted by atomic mass is 10.3. The van der Waals surface area contributed by atoms with Crippen LogP contribution in [-0.4, -0.2) is 68.6 Å². The summed E-state index contributed by atoms with van der Waals surface area (Å²) < 4.78 is 0. The van der Waals surface area contributed by atoms with E-state index in [4.69, 9.17) is 5.73 Å². The van der Waals surface area contributed by atoms with E-state index in [2.05, 4.69) is 15.1 Å². The molecule has 1 saturated heterocycles. The van der Waals surface area contributed by atoms with Crippen LogP contribution in [0.1, 0.15) is 6.42 Å². The van der Waals surface area contributed by atoms with Gasteiger partial charge in [0.2, 0.25) is 5.91 Å². The number of rotatable bonds is 6. The van der Waals surface area contributed by atoms with Gasteiger partial charge in [-0.15, -0.1) is 0 Å². The minimum atomic E-state index is -0.218. The van der Waals surface area contributed by atoms with Gasteiger partial charge in [0.05, 0.1) is 0 Å². The van der Waals surface area contributed by atoms with Crippen molar-refractivity contribution in [3.63, 3.8) is 0 Å². The summed E-state index contributed by atoms with van der Waals surface area (Å²) in [5.74, 6) is -0.218. The van der Waals surface area contributed by atoms with E-state index in [0.29, 0.717) is 6.42 Å². The maximum Gasteiger partial charge on any atom is 0.218 e. The summed E-state index contributed by atoms with van der Waals surface area (Å²) in [6, 6.07) is 0. The molecular weight excluding hydrogens is 192 g/mol. The van der Waals surface area contributed by atoms with Crippen LogP contribution in [0.5, 0.6) is 0 Å². The fraction of sp³-hybridized carbons (Fsp3) is 0.900. The lowest BCUT2D eigenvalue weighted by molar-refractivity contribution is -0.118. The maximum absolute atomic E-state index is 10.6. The Bertz CT molecular complexity index is 192. The molecule has 0 aromatic heterocycles. The van der Waals surface area contributed by atoms with Gasteiger partial charge in [-0.25, -0.2) is 0 Å². The second kappa shape index (κ2) is 6.76. The third-order valence-corrected chi connectivity index (χ3v) is 2.75. The van der Waals surface area contributed by atoms with Gasteiger partial charge in [0, 0.05) is 52.2 Å². The van der Waals surface area contributed by atoms with Crippen LogP contribution in [0.4, 0.5) is 0 Å². The van der Waals surface area contributed by atoms with Crippen molar-refractivity contribution in [1.29, 1.82) is 0 Å². The second-order valence-electron chi connectivity index (χ2n) is 4.11. The Hall–Kier alpha value is -0.650. The first-order valence-electron chi connectivity index (χ1n) is 5.58. The number of primary amides is 1. The van der Waals surface area contributed by atoms with Crippen molar-refractivity contribution >= 4 is 5.91 Å². The lowest BCUT2D eigenvalue weighted by Gasteiger charge is -2.28. The highest BCUT2D eigenvalue weighted by atomic mass is 16.1. The predicted molar refractivity (Wildman–Crippen MR) is 60.6 cm³/mol. The molecule has 0 spiro atoms. The van der Waals surface area contributed by atoms with Gasteiger partial charge in [-0.05, 0) is 7.05 Å². The Balaban J connectivity index is 2.04. The Morgan fingerprint density at radius 2 is 2.07 bits per heavy atom. The van der Waals surface area contributed by atoms with Gasteiger partial charge < -0.3 is 16.0 Å². The molecule has 0 aromatic rings. The van der Waals surface area contributed by atoms with E-state index in [9.17, 15) is 4.79 Å². The zero-order valence-electron chi connectivity index (χ0n) is 9.54. The molecule has 1 heterocycles. The minimum Gasteiger partial charge on any atom is -0.370 e. The summed E-state index contributed by atoms with van der Waals surface area (Å²) in [7, 11) is 2.03. The minimum absolute atomic E-state index is 0.218. The Kier molecular flexibility index (Phi) is 5.60. The van der Waals surface area contributed by atoms with Crippen molar-refractivity contribution in [2.75, 3.05) is 52.9 Å². The van der Waals surface area contributed by atoms with Crippen LogP contribution < -0.4 is 11.1 Å². The molecule has 1 amide bonds. The van der Waals surface area contributed by atoms with Crippen LogP contribution >= 0.6 is 0 Å². The molecule has 0 radical (unpaired) electrons. The van der Waals surface area contributed by atoms with Crippen LogP contribution in [0.15, 0.2) is 0 Å². The van der Waals surface area contributed by atoms with Gasteiger partial charge in [-0.2, -0.15) is 0 Å². The average molecular weight is 214 g/mol. The summed E-state index contributed by atoms with van der Waals surface area (Å²) >= 11 is 0. The number of hydrogen-bond donors (Lipinski definition) is 2. The summed E-state index contributed by atoms with van der Waals surface area (Å²) in [6.07, 6.45) is 0.456. The molecule has 15 heavy (non-hydrogen) atoms. The first kappa shape index (κ1) is 12.4. The first-order chi connectivity index (χ1) is 7.18. The molecule has 1 rings (SSSR count). The summed E-state index contributed by atoms with van der Waals surface area (Å²) in [4.78, 5) is 15.2. The van der Waals surface area contributed by atoms with Crippen molar-refractivity contribution < 1.29 is 4.79 Å². The van der Waals surface area contributed by atoms with E-state index in [-0.39, 0.29) is 5.91 Å². The van der Waals surface area contributed by atoms with Gasteiger partial charge in [0.1, 0.15) is 0 Å². The molecule has 1 aliphatic heterocycles. The van der Waals surface area contributed by atoms with E-state index in [1.807, 2.05) is 7.05 Å². The molecule has 5 heteroatoms. The fourth-order valence-electron chi connectivity index (χ4n) is 1.66. The smallest absolute Gasteiger partial charge is 0.218 e. The Morgan fingerprint density at radius 1 is 1.40 bits per heavy atom. The first-order valence-corrected chi connectivity index (χ1v) is 5.58. The van der Waals surface area contributed by atoms with Crippen LogP contribution in [0.3, 0.4) is 0 Å². The molecule has 0 saturated carbocycles. The lowest BCUT2D eigenvalue weighted by Crippen LogP contribution is -2.46. The number of nitrogens with one attached hydrogen (secondary N) is 1. The molecule has 5 nitrogen and oxygen atoms in total. The van der Waals surface area contributed by atoms with Gasteiger partial charge in [-0.1, -0.05) is 0 Å². The van der Waals surface area contributed by atoms with E-state index < -0.39 is 0 Å². The van der Waals surface area contributed by atoms with Gasteiger partial charge in [-0.3, -0.25) is 9.69 Å². The molecule has 88 valence electrons. The zero-order chi connectivity index (χ0) is 11.1. The molecule has 1 fully saturated rings. The summed E-state index contributed by atoms with van der Waals surface area (Å²) in [5, 5.41) is 3.33. The molecule has 3 N–H and O–H groups in total. The number of likely N-dealkylation sites (N-methyl/N-ethyl adjacent to an activating group) is 1. The molecule has 0 unspecified atom stereocenters. The molecule has 0 bridgehead atoms. The fourth-order valence-corrected chi connectivity index (χ4v) is 1.66. The normalized spacial score (nSPS) is 18.3. The highest BCUT2D eigenvalue weighted by Crippen LogP contribution is 1.93. The molecule has 0 aromatic carbocycles. The highest BCUT2D eigenvalue weighted by molar-refractivity contribution is 5.73. The zero-order valence-corrected chi connectivity index (χ0v) is 9.54. The van der Waals surface area contributed by atoms with E-state index >= 15 is 0 Å². The maximum atomic E-state index is 10.6. The van der Waals surface area contributed by atoms with Crippen LogP contribution in [-0.2, 0) is 4.79 Å². The molecule has 0 aliphatic carbocycles. The van der Waals surface area contributed by atoms with Crippen molar-refractivity contribution in [2.24, 2.45) is 5.73 Å². The second-order valence-corrected chi connectivity index (χ2v) is 4.11. The van der Waals surface area contributed by atoms with Gasteiger partial charge in [0.15, 0.2) is 0 Å². The Labute approximate surface area is 91.6 Å². The summed E-state index contributed by atoms with van der Waals surface area (Å²) in [6.45, 7) is 7.29. The van der Waals surface area contributed by atoms with E-state index in [0.717, 1.165) is 45.8 Å². The van der Waals surface area contributed by atoms with Crippen LogP contribution in [0.25, 0.3) is 0 Å². The van der Waals surface area contributed by atoms with Crippen molar-refractivity contribution in [3.05, 3.63) is 0 Å². The van der Waals surface area contributed by atoms with Crippen molar-refractivity contribution in [3.8, 4) is 0 Å². The average Bonchev–Trinajstić information content (AvgIpc) is 2.25. The third kappa shape index (κ3) is 5.71. The summed E-state index contributed by atoms with van der Waals surface area (Å²) in [5.41, 5.74) is 5.10. The molecular formula is C10H22N4O. The predicted octanol–water partition coefficient (Wildman–Crippen LogP) is -1.30. The monoisotopic (exact) mass is 214 g/mol. The largest absolute Gasteiger partial charge is 0.370 e. The van der Waals surface area contributed by atoms with Crippen molar-refractivity contribution in [1.82, 2.24) is 15.1 Å². The number of hydrogen-bond acceptors (Lipinski definition) is 4. The number of nitrogens with zero attached hydrogens (tertiary/aromatic N) is 2. The quantitative estimate of drug-likeness (QED) is 0.577. The number of carbonyl (C=O) groups excluding carboxylic acids is 1. The number of amides is 1. The topological polar surface area (TPSA) is 61.6 Å². The van der Waals surface area contributed by atoms with E-state index in [1.165, 1.54) is 0 Å². The third-order valence-electron chi connectivity index (χ3n) is 2.75. The van der Waals surface area contributed by atoms with Crippen molar-refractivity contribution in [2.45, 2.75) is 6.42 Å². The number of nitrogens with two attached hydrogens (primary N) is 1. The van der Waals surface area contributed by atoms with E-state index in [1.54, 1.807) is 0 Å². The number of piperazine rings is 1. The molecule has 1 aliphatic rings. The van der Waals surface area contributed by atoms with Gasteiger partial charge >= 0.3 is 0 Å².